The van der Waals surface area contributed by atoms with E-state index in [0.717, 1.165) is 35.7 Å². The fourth-order valence-corrected chi connectivity index (χ4v) is 2.53. The number of aryl methyl sites for hydroxylation is 1. The molecule has 23 heavy (non-hydrogen) atoms. The summed E-state index contributed by atoms with van der Waals surface area (Å²) in [6.07, 6.45) is 0. The second-order valence-corrected chi connectivity index (χ2v) is 5.32. The molecule has 5 nitrogen and oxygen atoms in total. The molecule has 0 spiro atoms. The van der Waals surface area contributed by atoms with Crippen LogP contribution in [-0.4, -0.2) is 28.2 Å². The molecular weight excluding hydrogens is 288 g/mol. The monoisotopic (exact) mass is 308 g/mol. The Morgan fingerprint density at radius 1 is 0.957 bits per heavy atom. The zero-order valence-corrected chi connectivity index (χ0v) is 13.7. The van der Waals surface area contributed by atoms with Gasteiger partial charge in [-0.1, -0.05) is 35.5 Å². The minimum absolute atomic E-state index is 0.516. The van der Waals surface area contributed by atoms with Crippen molar-refractivity contribution in [3.63, 3.8) is 0 Å². The van der Waals surface area contributed by atoms with E-state index in [-0.39, 0.29) is 0 Å². The Labute approximate surface area is 136 Å². The lowest BCUT2D eigenvalue weighted by molar-refractivity contribution is 0.432. The van der Waals surface area contributed by atoms with Crippen LogP contribution in [0.2, 0.25) is 0 Å². The van der Waals surface area contributed by atoms with Gasteiger partial charge in [0, 0.05) is 29.9 Å². The predicted octanol–water partition coefficient (Wildman–Crippen LogP) is 3.95. The number of rotatable bonds is 5. The van der Waals surface area contributed by atoms with Crippen LogP contribution in [0, 0.1) is 6.92 Å². The third-order valence-electron chi connectivity index (χ3n) is 3.73. The van der Waals surface area contributed by atoms with Crippen molar-refractivity contribution in [3.8, 4) is 22.8 Å². The number of benzene rings is 1. The van der Waals surface area contributed by atoms with Crippen molar-refractivity contribution in [2.75, 3.05) is 18.0 Å². The van der Waals surface area contributed by atoms with Crippen LogP contribution in [0.25, 0.3) is 22.8 Å². The number of aromatic nitrogens is 3. The number of pyridine rings is 1. The van der Waals surface area contributed by atoms with Crippen molar-refractivity contribution in [1.82, 2.24) is 15.1 Å². The average molecular weight is 308 g/mol. The Morgan fingerprint density at radius 3 is 2.39 bits per heavy atom. The largest absolute Gasteiger partial charge is 0.357 e. The van der Waals surface area contributed by atoms with Gasteiger partial charge < -0.3 is 9.42 Å². The van der Waals surface area contributed by atoms with E-state index in [9.17, 15) is 0 Å². The highest BCUT2D eigenvalue weighted by Gasteiger charge is 2.13. The highest BCUT2D eigenvalue weighted by Crippen LogP contribution is 2.25. The van der Waals surface area contributed by atoms with Gasteiger partial charge in [-0.15, -0.1) is 0 Å². The van der Waals surface area contributed by atoms with Gasteiger partial charge in [0.05, 0.1) is 0 Å². The summed E-state index contributed by atoms with van der Waals surface area (Å²) < 4.78 is 5.45. The minimum atomic E-state index is 0.516. The first kappa shape index (κ1) is 15.2. The molecule has 1 aromatic carbocycles. The topological polar surface area (TPSA) is 55.1 Å². The van der Waals surface area contributed by atoms with Gasteiger partial charge in [-0.2, -0.15) is 4.98 Å². The molecule has 118 valence electrons. The van der Waals surface area contributed by atoms with Crippen LogP contribution in [0.4, 0.5) is 5.82 Å². The molecule has 0 aliphatic rings. The van der Waals surface area contributed by atoms with E-state index in [1.54, 1.807) is 0 Å². The van der Waals surface area contributed by atoms with Crippen molar-refractivity contribution in [2.24, 2.45) is 0 Å². The molecule has 3 rings (SSSR count). The molecule has 0 saturated heterocycles. The third-order valence-corrected chi connectivity index (χ3v) is 3.73. The third kappa shape index (κ3) is 3.23. The fourth-order valence-electron chi connectivity index (χ4n) is 2.53. The van der Waals surface area contributed by atoms with Crippen molar-refractivity contribution in [1.29, 1.82) is 0 Å². The van der Waals surface area contributed by atoms with Crippen molar-refractivity contribution >= 4 is 5.82 Å². The maximum atomic E-state index is 5.45. The Hall–Kier alpha value is -2.69. The summed E-state index contributed by atoms with van der Waals surface area (Å²) in [7, 11) is 0. The zero-order valence-electron chi connectivity index (χ0n) is 13.7. The molecule has 0 saturated carbocycles. The molecule has 0 unspecified atom stereocenters. The number of hydrogen-bond donors (Lipinski definition) is 0. The Morgan fingerprint density at radius 2 is 1.70 bits per heavy atom. The molecule has 0 bridgehead atoms. The van der Waals surface area contributed by atoms with E-state index in [1.165, 1.54) is 0 Å². The number of nitrogens with zero attached hydrogens (tertiary/aromatic N) is 4. The van der Waals surface area contributed by atoms with Gasteiger partial charge in [-0.3, -0.25) is 0 Å². The van der Waals surface area contributed by atoms with Gasteiger partial charge in [0.1, 0.15) is 5.82 Å². The lowest BCUT2D eigenvalue weighted by Gasteiger charge is -2.20. The van der Waals surface area contributed by atoms with Crippen LogP contribution in [0.15, 0.2) is 47.0 Å². The fraction of sp³-hybridized carbons (Fsp3) is 0.278. The number of anilines is 1. The summed E-state index contributed by atoms with van der Waals surface area (Å²) >= 11 is 0. The van der Waals surface area contributed by atoms with Gasteiger partial charge in [0.25, 0.3) is 5.89 Å². The molecule has 0 atom stereocenters. The molecule has 0 fully saturated rings. The smallest absolute Gasteiger partial charge is 0.258 e. The molecule has 0 amide bonds. The van der Waals surface area contributed by atoms with Crippen molar-refractivity contribution in [3.05, 3.63) is 48.2 Å². The second kappa shape index (κ2) is 6.60. The maximum absolute atomic E-state index is 5.45. The van der Waals surface area contributed by atoms with E-state index in [2.05, 4.69) is 33.9 Å². The lowest BCUT2D eigenvalue weighted by atomic mass is 10.2. The van der Waals surface area contributed by atoms with Crippen LogP contribution in [0.5, 0.6) is 0 Å². The van der Waals surface area contributed by atoms with Gasteiger partial charge in [0.2, 0.25) is 5.82 Å². The molecule has 3 aromatic rings. The summed E-state index contributed by atoms with van der Waals surface area (Å²) in [5.41, 5.74) is 2.77. The Balaban J connectivity index is 1.98. The van der Waals surface area contributed by atoms with Crippen LogP contribution in [0.3, 0.4) is 0 Å². The Bertz CT molecular complexity index is 779. The molecule has 0 aliphatic carbocycles. The van der Waals surface area contributed by atoms with Crippen molar-refractivity contribution < 1.29 is 4.52 Å². The SMILES string of the molecule is CCN(CC)c1cc(-c2nc(-c3ccccc3)no2)cc(C)n1. The molecular formula is C18H20N4O. The van der Waals surface area contributed by atoms with E-state index < -0.39 is 0 Å². The lowest BCUT2D eigenvalue weighted by Crippen LogP contribution is -2.23. The Kier molecular flexibility index (Phi) is 4.37. The summed E-state index contributed by atoms with van der Waals surface area (Å²) in [4.78, 5) is 11.3. The molecule has 0 radical (unpaired) electrons. The average Bonchev–Trinajstić information content (AvgIpc) is 3.06. The molecule has 0 N–H and O–H groups in total. The van der Waals surface area contributed by atoms with Crippen LogP contribution in [0.1, 0.15) is 19.5 Å². The van der Waals surface area contributed by atoms with E-state index >= 15 is 0 Å². The highest BCUT2D eigenvalue weighted by molar-refractivity contribution is 5.63. The first-order valence-corrected chi connectivity index (χ1v) is 7.84. The summed E-state index contributed by atoms with van der Waals surface area (Å²) in [6, 6.07) is 13.8. The van der Waals surface area contributed by atoms with Gasteiger partial charge >= 0.3 is 0 Å². The highest BCUT2D eigenvalue weighted by atomic mass is 16.5. The second-order valence-electron chi connectivity index (χ2n) is 5.32. The molecule has 0 aliphatic heterocycles. The van der Waals surface area contributed by atoms with E-state index in [0.29, 0.717) is 11.7 Å². The molecule has 2 heterocycles. The minimum Gasteiger partial charge on any atom is -0.357 e. The van der Waals surface area contributed by atoms with E-state index in [1.807, 2.05) is 49.4 Å². The zero-order chi connectivity index (χ0) is 16.2. The first-order chi connectivity index (χ1) is 11.2. The van der Waals surface area contributed by atoms with Crippen molar-refractivity contribution in [2.45, 2.75) is 20.8 Å². The molecule has 2 aromatic heterocycles. The molecule has 5 heteroatoms. The summed E-state index contributed by atoms with van der Waals surface area (Å²) in [5, 5.41) is 4.09. The van der Waals surface area contributed by atoms with Gasteiger partial charge in [0.15, 0.2) is 0 Å². The quantitative estimate of drug-likeness (QED) is 0.714. The first-order valence-electron chi connectivity index (χ1n) is 7.84. The maximum Gasteiger partial charge on any atom is 0.258 e. The van der Waals surface area contributed by atoms with Crippen LogP contribution < -0.4 is 4.90 Å². The van der Waals surface area contributed by atoms with Gasteiger partial charge in [-0.25, -0.2) is 4.98 Å². The van der Waals surface area contributed by atoms with Gasteiger partial charge in [-0.05, 0) is 32.9 Å². The number of hydrogen-bond acceptors (Lipinski definition) is 5. The van der Waals surface area contributed by atoms with Crippen LogP contribution >= 0.6 is 0 Å². The normalized spacial score (nSPS) is 10.7. The summed E-state index contributed by atoms with van der Waals surface area (Å²) in [5.74, 6) is 2.05. The van der Waals surface area contributed by atoms with Crippen LogP contribution in [-0.2, 0) is 0 Å². The standard InChI is InChI=1S/C18H20N4O/c1-4-22(5-2)16-12-15(11-13(3)19-16)18-20-17(21-23-18)14-9-7-6-8-10-14/h6-12H,4-5H2,1-3H3. The van der Waals surface area contributed by atoms with E-state index in [4.69, 9.17) is 4.52 Å². The summed E-state index contributed by atoms with van der Waals surface area (Å²) in [6.45, 7) is 8.03. The predicted molar refractivity (Wildman–Crippen MR) is 91.3 cm³/mol.